The third kappa shape index (κ3) is 4.98. The van der Waals surface area contributed by atoms with Gasteiger partial charge in [0.1, 0.15) is 11.5 Å². The molecule has 3 aromatic rings. The monoisotopic (exact) mass is 399 g/mol. The SMILES string of the molecule is CCSc1nc(NCC(C)C)c2cnn(CCNC(=O)c3ccccn3)c2n1. The standard InChI is InChI=1S/C19H25N7OS/c1-4-28-19-24-16(22-11-13(2)3)14-12-23-26(17(14)25-19)10-9-21-18(27)15-7-5-6-8-20-15/h5-8,12-13H,4,9-11H2,1-3H3,(H,21,27)(H,22,24,25). The minimum Gasteiger partial charge on any atom is -0.369 e. The molecule has 0 aliphatic carbocycles. The second-order valence-electron chi connectivity index (χ2n) is 6.64. The second-order valence-corrected chi connectivity index (χ2v) is 7.87. The van der Waals surface area contributed by atoms with E-state index in [4.69, 9.17) is 0 Å². The average Bonchev–Trinajstić information content (AvgIpc) is 3.10. The van der Waals surface area contributed by atoms with Crippen LogP contribution in [0.15, 0.2) is 35.7 Å². The molecule has 0 aliphatic heterocycles. The van der Waals surface area contributed by atoms with Gasteiger partial charge in [-0.05, 0) is 23.8 Å². The summed E-state index contributed by atoms with van der Waals surface area (Å²) in [6.07, 6.45) is 3.38. The summed E-state index contributed by atoms with van der Waals surface area (Å²) in [5.74, 6) is 2.00. The quantitative estimate of drug-likeness (QED) is 0.422. The van der Waals surface area contributed by atoms with Crippen LogP contribution in [0.25, 0.3) is 11.0 Å². The van der Waals surface area contributed by atoms with Gasteiger partial charge in [0.25, 0.3) is 5.91 Å². The van der Waals surface area contributed by atoms with Crippen LogP contribution < -0.4 is 10.6 Å². The minimum atomic E-state index is -0.201. The lowest BCUT2D eigenvalue weighted by molar-refractivity contribution is 0.0947. The van der Waals surface area contributed by atoms with Crippen molar-refractivity contribution in [3.8, 4) is 0 Å². The van der Waals surface area contributed by atoms with Gasteiger partial charge in [-0.25, -0.2) is 14.6 Å². The van der Waals surface area contributed by atoms with Crippen molar-refractivity contribution in [3.63, 3.8) is 0 Å². The number of hydrogen-bond acceptors (Lipinski definition) is 7. The summed E-state index contributed by atoms with van der Waals surface area (Å²) >= 11 is 1.60. The van der Waals surface area contributed by atoms with Crippen LogP contribution in [0.4, 0.5) is 5.82 Å². The number of nitrogens with zero attached hydrogens (tertiary/aromatic N) is 5. The molecule has 0 fully saturated rings. The highest BCUT2D eigenvalue weighted by molar-refractivity contribution is 7.99. The molecule has 0 radical (unpaired) electrons. The number of carbonyl (C=O) groups is 1. The number of pyridine rings is 1. The van der Waals surface area contributed by atoms with Gasteiger partial charge in [-0.3, -0.25) is 9.78 Å². The number of aromatic nitrogens is 5. The molecule has 0 spiro atoms. The summed E-state index contributed by atoms with van der Waals surface area (Å²) in [5, 5.41) is 12.3. The van der Waals surface area contributed by atoms with Gasteiger partial charge in [-0.1, -0.05) is 38.6 Å². The molecular formula is C19H25N7OS. The van der Waals surface area contributed by atoms with E-state index >= 15 is 0 Å². The third-order valence-electron chi connectivity index (χ3n) is 3.93. The summed E-state index contributed by atoms with van der Waals surface area (Å²) in [7, 11) is 0. The van der Waals surface area contributed by atoms with Crippen molar-refractivity contribution in [1.82, 2.24) is 30.0 Å². The fourth-order valence-electron chi connectivity index (χ4n) is 2.59. The zero-order valence-electron chi connectivity index (χ0n) is 16.3. The van der Waals surface area contributed by atoms with E-state index in [2.05, 4.69) is 51.5 Å². The number of thioether (sulfide) groups is 1. The molecule has 0 atom stereocenters. The Morgan fingerprint density at radius 2 is 2.14 bits per heavy atom. The molecule has 3 heterocycles. The summed E-state index contributed by atoms with van der Waals surface area (Å²) in [6, 6.07) is 5.26. The second kappa shape index (κ2) is 9.50. The van der Waals surface area contributed by atoms with E-state index in [-0.39, 0.29) is 5.91 Å². The van der Waals surface area contributed by atoms with Gasteiger partial charge < -0.3 is 10.6 Å². The summed E-state index contributed by atoms with van der Waals surface area (Å²) in [4.78, 5) is 25.5. The van der Waals surface area contributed by atoms with Crippen molar-refractivity contribution in [2.24, 2.45) is 5.92 Å². The lowest BCUT2D eigenvalue weighted by atomic mass is 10.2. The number of amides is 1. The average molecular weight is 400 g/mol. The van der Waals surface area contributed by atoms with Crippen LogP contribution in [0.1, 0.15) is 31.3 Å². The van der Waals surface area contributed by atoms with E-state index in [0.29, 0.717) is 24.7 Å². The van der Waals surface area contributed by atoms with Crippen molar-refractivity contribution < 1.29 is 4.79 Å². The van der Waals surface area contributed by atoms with Crippen LogP contribution in [-0.2, 0) is 6.54 Å². The minimum absolute atomic E-state index is 0.201. The molecular weight excluding hydrogens is 374 g/mol. The molecule has 9 heteroatoms. The van der Waals surface area contributed by atoms with Gasteiger partial charge in [0.2, 0.25) is 0 Å². The van der Waals surface area contributed by atoms with E-state index in [1.54, 1.807) is 47.0 Å². The molecule has 8 nitrogen and oxygen atoms in total. The highest BCUT2D eigenvalue weighted by Gasteiger charge is 2.14. The third-order valence-corrected chi connectivity index (χ3v) is 4.66. The maximum atomic E-state index is 12.1. The fourth-order valence-corrected chi connectivity index (χ4v) is 3.16. The van der Waals surface area contributed by atoms with E-state index in [1.807, 2.05) is 0 Å². The normalized spacial score (nSPS) is 11.1. The topological polar surface area (TPSA) is 97.6 Å². The largest absolute Gasteiger partial charge is 0.369 e. The first kappa shape index (κ1) is 20.1. The Labute approximate surface area is 168 Å². The summed E-state index contributed by atoms with van der Waals surface area (Å²) < 4.78 is 1.80. The fraction of sp³-hybridized carbons (Fsp3) is 0.421. The lowest BCUT2D eigenvalue weighted by Crippen LogP contribution is -2.28. The molecule has 0 bridgehead atoms. The van der Waals surface area contributed by atoms with Gasteiger partial charge in [-0.15, -0.1) is 0 Å². The summed E-state index contributed by atoms with van der Waals surface area (Å²) in [5.41, 5.74) is 1.17. The van der Waals surface area contributed by atoms with Crippen molar-refractivity contribution in [2.75, 3.05) is 24.2 Å². The van der Waals surface area contributed by atoms with E-state index in [9.17, 15) is 4.79 Å². The van der Waals surface area contributed by atoms with Crippen molar-refractivity contribution in [1.29, 1.82) is 0 Å². The zero-order chi connectivity index (χ0) is 19.9. The van der Waals surface area contributed by atoms with E-state index in [0.717, 1.165) is 34.3 Å². The first-order chi connectivity index (χ1) is 13.6. The maximum Gasteiger partial charge on any atom is 0.269 e. The van der Waals surface area contributed by atoms with E-state index < -0.39 is 0 Å². The lowest BCUT2D eigenvalue weighted by Gasteiger charge is -2.11. The van der Waals surface area contributed by atoms with Gasteiger partial charge in [0.15, 0.2) is 10.8 Å². The number of fused-ring (bicyclic) bond motifs is 1. The van der Waals surface area contributed by atoms with Crippen LogP contribution in [0.3, 0.4) is 0 Å². The molecule has 1 amide bonds. The summed E-state index contributed by atoms with van der Waals surface area (Å²) in [6.45, 7) is 8.15. The molecule has 3 rings (SSSR count). The Hall–Kier alpha value is -2.68. The van der Waals surface area contributed by atoms with Gasteiger partial charge in [-0.2, -0.15) is 5.10 Å². The van der Waals surface area contributed by atoms with Crippen LogP contribution in [0, 0.1) is 5.92 Å². The van der Waals surface area contributed by atoms with Crippen molar-refractivity contribution >= 4 is 34.5 Å². The van der Waals surface area contributed by atoms with Crippen LogP contribution in [-0.4, -0.2) is 49.5 Å². The van der Waals surface area contributed by atoms with Gasteiger partial charge in [0, 0.05) is 19.3 Å². The van der Waals surface area contributed by atoms with Gasteiger partial charge in [0.05, 0.1) is 18.1 Å². The number of anilines is 1. The first-order valence-electron chi connectivity index (χ1n) is 9.38. The maximum absolute atomic E-state index is 12.1. The Bertz CT molecular complexity index is 927. The van der Waals surface area contributed by atoms with Crippen LogP contribution >= 0.6 is 11.8 Å². The number of hydrogen-bond donors (Lipinski definition) is 2. The number of nitrogens with one attached hydrogen (secondary N) is 2. The smallest absolute Gasteiger partial charge is 0.269 e. The van der Waals surface area contributed by atoms with Crippen LogP contribution in [0.5, 0.6) is 0 Å². The highest BCUT2D eigenvalue weighted by Crippen LogP contribution is 2.24. The first-order valence-corrected chi connectivity index (χ1v) is 10.4. The Kier molecular flexibility index (Phi) is 6.80. The molecule has 3 aromatic heterocycles. The molecule has 2 N–H and O–H groups in total. The predicted molar refractivity (Wildman–Crippen MR) is 112 cm³/mol. The molecule has 0 saturated heterocycles. The molecule has 148 valence electrons. The number of rotatable bonds is 9. The van der Waals surface area contributed by atoms with Crippen molar-refractivity contribution in [3.05, 3.63) is 36.3 Å². The molecule has 0 aliphatic rings. The van der Waals surface area contributed by atoms with Gasteiger partial charge >= 0.3 is 0 Å². The molecule has 28 heavy (non-hydrogen) atoms. The molecule has 0 aromatic carbocycles. The zero-order valence-corrected chi connectivity index (χ0v) is 17.2. The Morgan fingerprint density at radius 3 is 2.86 bits per heavy atom. The van der Waals surface area contributed by atoms with Crippen molar-refractivity contribution in [2.45, 2.75) is 32.5 Å². The number of carbonyl (C=O) groups excluding carboxylic acids is 1. The Balaban J connectivity index is 1.74. The Morgan fingerprint density at radius 1 is 1.29 bits per heavy atom. The highest BCUT2D eigenvalue weighted by atomic mass is 32.2. The molecule has 0 saturated carbocycles. The molecule has 0 unspecified atom stereocenters. The van der Waals surface area contributed by atoms with E-state index in [1.165, 1.54) is 0 Å². The predicted octanol–water partition coefficient (Wildman–Crippen LogP) is 2.83. The van der Waals surface area contributed by atoms with Crippen LogP contribution in [0.2, 0.25) is 0 Å².